The van der Waals surface area contributed by atoms with Crippen molar-refractivity contribution in [3.8, 4) is 0 Å². The monoisotopic (exact) mass is 245 g/mol. The predicted molar refractivity (Wildman–Crippen MR) is 70.0 cm³/mol. The molecule has 0 amide bonds. The summed E-state index contributed by atoms with van der Waals surface area (Å²) in [5.41, 5.74) is 7.56. The van der Waals surface area contributed by atoms with E-state index in [0.717, 1.165) is 6.42 Å². The molecule has 1 heterocycles. The highest BCUT2D eigenvalue weighted by atomic mass is 15.6. The van der Waals surface area contributed by atoms with Gasteiger partial charge in [-0.2, -0.15) is 4.80 Å². The normalized spacial score (nSPS) is 14.4. The molecule has 2 aromatic rings. The van der Waals surface area contributed by atoms with E-state index in [9.17, 15) is 0 Å². The third kappa shape index (κ3) is 2.92. The summed E-state index contributed by atoms with van der Waals surface area (Å²) in [6, 6.07) is 10.4. The van der Waals surface area contributed by atoms with Gasteiger partial charge in [0.1, 0.15) is 0 Å². The molecular weight excluding hydrogens is 226 g/mol. The van der Waals surface area contributed by atoms with Crippen molar-refractivity contribution in [2.75, 3.05) is 0 Å². The quantitative estimate of drug-likeness (QED) is 0.861. The number of tetrazole rings is 1. The Hall–Kier alpha value is -1.75. The molecule has 2 rings (SSSR count). The topological polar surface area (TPSA) is 69.6 Å². The van der Waals surface area contributed by atoms with Gasteiger partial charge in [0.25, 0.3) is 0 Å². The van der Waals surface area contributed by atoms with Crippen molar-refractivity contribution in [1.82, 2.24) is 20.2 Å². The second kappa shape index (κ2) is 5.73. The average molecular weight is 245 g/mol. The zero-order chi connectivity index (χ0) is 13.0. The molecule has 2 N–H and O–H groups in total. The Morgan fingerprint density at radius 2 is 2.00 bits per heavy atom. The summed E-state index contributed by atoms with van der Waals surface area (Å²) in [5, 5.41) is 12.0. The molecule has 0 bridgehead atoms. The van der Waals surface area contributed by atoms with E-state index < -0.39 is 0 Å². The predicted octanol–water partition coefficient (Wildman–Crippen LogP) is 1.27. The van der Waals surface area contributed by atoms with Crippen LogP contribution >= 0.6 is 0 Å². The molecule has 0 aliphatic carbocycles. The van der Waals surface area contributed by atoms with E-state index >= 15 is 0 Å². The van der Waals surface area contributed by atoms with Crippen LogP contribution in [0.4, 0.5) is 0 Å². The van der Waals surface area contributed by atoms with E-state index in [1.54, 1.807) is 7.05 Å². The first kappa shape index (κ1) is 12.7. The molecular formula is C13H19N5. The fourth-order valence-corrected chi connectivity index (χ4v) is 2.24. The van der Waals surface area contributed by atoms with Crippen LogP contribution in [0.2, 0.25) is 0 Å². The Balaban J connectivity index is 2.08. The largest absolute Gasteiger partial charge is 0.327 e. The average Bonchev–Trinajstić information content (AvgIpc) is 2.77. The molecule has 18 heavy (non-hydrogen) atoms. The molecule has 0 spiro atoms. The minimum atomic E-state index is 0.0154. The summed E-state index contributed by atoms with van der Waals surface area (Å²) in [6.07, 6.45) is 1.66. The molecule has 2 atom stereocenters. The van der Waals surface area contributed by atoms with Crippen molar-refractivity contribution >= 4 is 0 Å². The van der Waals surface area contributed by atoms with Crippen molar-refractivity contribution in [2.24, 2.45) is 12.8 Å². The van der Waals surface area contributed by atoms with Gasteiger partial charge in [0.15, 0.2) is 5.82 Å². The second-order valence-corrected chi connectivity index (χ2v) is 4.49. The summed E-state index contributed by atoms with van der Waals surface area (Å²) < 4.78 is 0. The lowest BCUT2D eigenvalue weighted by molar-refractivity contribution is 0.504. The molecule has 0 radical (unpaired) electrons. The Morgan fingerprint density at radius 1 is 1.28 bits per heavy atom. The van der Waals surface area contributed by atoms with E-state index in [2.05, 4.69) is 34.5 Å². The number of nitrogens with two attached hydrogens (primary N) is 1. The fraction of sp³-hybridized carbons (Fsp3) is 0.462. The Bertz CT molecular complexity index is 479. The number of aryl methyl sites for hydroxylation is 1. The van der Waals surface area contributed by atoms with Crippen LogP contribution in [0.3, 0.4) is 0 Å². The van der Waals surface area contributed by atoms with Crippen LogP contribution in [0.25, 0.3) is 0 Å². The lowest BCUT2D eigenvalue weighted by atomic mass is 9.88. The van der Waals surface area contributed by atoms with Crippen molar-refractivity contribution < 1.29 is 0 Å². The van der Waals surface area contributed by atoms with Crippen LogP contribution in [-0.4, -0.2) is 26.2 Å². The maximum absolute atomic E-state index is 6.28. The van der Waals surface area contributed by atoms with Gasteiger partial charge in [-0.15, -0.1) is 10.2 Å². The van der Waals surface area contributed by atoms with Gasteiger partial charge in [0.2, 0.25) is 0 Å². The van der Waals surface area contributed by atoms with Crippen LogP contribution in [0, 0.1) is 0 Å². The van der Waals surface area contributed by atoms with E-state index in [1.807, 2.05) is 18.2 Å². The number of rotatable bonds is 5. The first-order valence-corrected chi connectivity index (χ1v) is 6.24. The number of nitrogens with zero attached hydrogens (tertiary/aromatic N) is 4. The number of hydrogen-bond donors (Lipinski definition) is 1. The lowest BCUT2D eigenvalue weighted by Gasteiger charge is -2.21. The van der Waals surface area contributed by atoms with E-state index in [0.29, 0.717) is 18.2 Å². The third-order valence-corrected chi connectivity index (χ3v) is 3.15. The van der Waals surface area contributed by atoms with Gasteiger partial charge in [-0.3, -0.25) is 0 Å². The zero-order valence-corrected chi connectivity index (χ0v) is 10.8. The van der Waals surface area contributed by atoms with Gasteiger partial charge in [-0.25, -0.2) is 0 Å². The zero-order valence-electron chi connectivity index (χ0n) is 10.8. The standard InChI is InChI=1S/C13H19N5/c1-3-11(10-7-5-4-6-8-10)12(14)9-13-15-17-18(2)16-13/h4-8,11-12H,3,9,14H2,1-2H3. The van der Waals surface area contributed by atoms with Crippen LogP contribution in [-0.2, 0) is 13.5 Å². The SMILES string of the molecule is CCC(c1ccccc1)C(N)Cc1nnn(C)n1. The van der Waals surface area contributed by atoms with Crippen LogP contribution in [0.5, 0.6) is 0 Å². The smallest absolute Gasteiger partial charge is 0.176 e. The first-order valence-electron chi connectivity index (χ1n) is 6.24. The number of benzene rings is 1. The highest BCUT2D eigenvalue weighted by Gasteiger charge is 2.20. The molecule has 0 fully saturated rings. The molecule has 0 aliphatic heterocycles. The van der Waals surface area contributed by atoms with Crippen LogP contribution < -0.4 is 5.73 Å². The van der Waals surface area contributed by atoms with Gasteiger partial charge < -0.3 is 5.73 Å². The lowest BCUT2D eigenvalue weighted by Crippen LogP contribution is -2.31. The third-order valence-electron chi connectivity index (χ3n) is 3.15. The van der Waals surface area contributed by atoms with Gasteiger partial charge in [0.05, 0.1) is 7.05 Å². The molecule has 0 saturated carbocycles. The number of hydrogen-bond acceptors (Lipinski definition) is 4. The van der Waals surface area contributed by atoms with E-state index in [4.69, 9.17) is 5.73 Å². The summed E-state index contributed by atoms with van der Waals surface area (Å²) in [4.78, 5) is 1.46. The Morgan fingerprint density at radius 3 is 2.56 bits per heavy atom. The summed E-state index contributed by atoms with van der Waals surface area (Å²) in [6.45, 7) is 2.15. The van der Waals surface area contributed by atoms with Gasteiger partial charge in [-0.05, 0) is 23.1 Å². The second-order valence-electron chi connectivity index (χ2n) is 4.49. The molecule has 5 nitrogen and oxygen atoms in total. The molecule has 0 saturated heterocycles. The molecule has 5 heteroatoms. The highest BCUT2D eigenvalue weighted by Crippen LogP contribution is 2.23. The summed E-state index contributed by atoms with van der Waals surface area (Å²) in [5.74, 6) is 1.04. The highest BCUT2D eigenvalue weighted by molar-refractivity contribution is 5.21. The Labute approximate surface area is 107 Å². The minimum absolute atomic E-state index is 0.0154. The minimum Gasteiger partial charge on any atom is -0.327 e. The maximum atomic E-state index is 6.28. The van der Waals surface area contributed by atoms with Crippen molar-refractivity contribution in [2.45, 2.75) is 31.7 Å². The molecule has 1 aromatic heterocycles. The van der Waals surface area contributed by atoms with Gasteiger partial charge >= 0.3 is 0 Å². The fourth-order valence-electron chi connectivity index (χ4n) is 2.24. The van der Waals surface area contributed by atoms with Crippen molar-refractivity contribution in [1.29, 1.82) is 0 Å². The molecule has 1 aromatic carbocycles. The van der Waals surface area contributed by atoms with Gasteiger partial charge in [-0.1, -0.05) is 37.3 Å². The number of aromatic nitrogens is 4. The summed E-state index contributed by atoms with van der Waals surface area (Å²) >= 11 is 0. The molecule has 0 aliphatic rings. The van der Waals surface area contributed by atoms with Crippen molar-refractivity contribution in [3.05, 3.63) is 41.7 Å². The summed E-state index contributed by atoms with van der Waals surface area (Å²) in [7, 11) is 1.76. The molecule has 96 valence electrons. The Kier molecular flexibility index (Phi) is 4.04. The van der Waals surface area contributed by atoms with E-state index in [1.165, 1.54) is 10.4 Å². The van der Waals surface area contributed by atoms with E-state index in [-0.39, 0.29) is 6.04 Å². The maximum Gasteiger partial charge on any atom is 0.176 e. The molecule has 2 unspecified atom stereocenters. The van der Waals surface area contributed by atoms with Crippen molar-refractivity contribution in [3.63, 3.8) is 0 Å². The van der Waals surface area contributed by atoms with Gasteiger partial charge in [0, 0.05) is 12.5 Å². The first-order chi connectivity index (χ1) is 8.70. The van der Waals surface area contributed by atoms with Crippen LogP contribution in [0.1, 0.15) is 30.7 Å². The van der Waals surface area contributed by atoms with Crippen LogP contribution in [0.15, 0.2) is 30.3 Å².